The Morgan fingerprint density at radius 3 is 2.75 bits per heavy atom. The highest BCUT2D eigenvalue weighted by Gasteiger charge is 2.17. The van der Waals surface area contributed by atoms with E-state index in [9.17, 15) is 4.79 Å². The number of nitrogens with zero attached hydrogens (tertiary/aromatic N) is 2. The van der Waals surface area contributed by atoms with E-state index in [1.807, 2.05) is 12.1 Å². The summed E-state index contributed by atoms with van der Waals surface area (Å²) in [4.78, 5) is 17.5. The summed E-state index contributed by atoms with van der Waals surface area (Å²) in [6.07, 6.45) is 1.55. The van der Waals surface area contributed by atoms with Crippen molar-refractivity contribution >= 4 is 45.6 Å². The van der Waals surface area contributed by atoms with Crippen molar-refractivity contribution in [3.05, 3.63) is 74.7 Å². The van der Waals surface area contributed by atoms with Crippen LogP contribution in [0.15, 0.2) is 48.7 Å². The lowest BCUT2D eigenvalue weighted by Crippen LogP contribution is -2.30. The fourth-order valence-electron chi connectivity index (χ4n) is 2.39. The quantitative estimate of drug-likeness (QED) is 0.572. The van der Waals surface area contributed by atoms with E-state index in [1.54, 1.807) is 49.5 Å². The summed E-state index contributed by atoms with van der Waals surface area (Å²) < 4.78 is 5.60. The predicted molar refractivity (Wildman–Crippen MR) is 111 cm³/mol. The smallest absolute Gasteiger partial charge is 0.266 e. The van der Waals surface area contributed by atoms with Gasteiger partial charge in [0, 0.05) is 27.5 Å². The predicted octanol–water partition coefficient (Wildman–Crippen LogP) is 5.32. The Balaban J connectivity index is 1.59. The van der Waals surface area contributed by atoms with Gasteiger partial charge in [-0.15, -0.1) is 11.3 Å². The van der Waals surface area contributed by atoms with Crippen LogP contribution >= 0.6 is 34.5 Å². The van der Waals surface area contributed by atoms with Crippen LogP contribution in [0.5, 0.6) is 5.75 Å². The zero-order chi connectivity index (χ0) is 20.1. The highest BCUT2D eigenvalue weighted by molar-refractivity contribution is 7.15. The molecule has 0 bridgehead atoms. The number of aromatic nitrogens is 1. The third kappa shape index (κ3) is 5.23. The van der Waals surface area contributed by atoms with Crippen LogP contribution in [0.1, 0.15) is 22.9 Å². The number of ether oxygens (including phenoxy) is 1. The first kappa shape index (κ1) is 20.2. The van der Waals surface area contributed by atoms with Crippen molar-refractivity contribution in [2.45, 2.75) is 19.4 Å². The molecule has 1 N–H and O–H groups in total. The summed E-state index contributed by atoms with van der Waals surface area (Å²) in [5, 5.41) is 13.3. The number of nitrogens with one attached hydrogen (secondary N) is 1. The topological polar surface area (TPSA) is 75.0 Å². The van der Waals surface area contributed by atoms with Gasteiger partial charge in [-0.25, -0.2) is 4.98 Å². The zero-order valence-electron chi connectivity index (χ0n) is 14.8. The molecule has 8 heteroatoms. The zero-order valence-corrected chi connectivity index (χ0v) is 17.1. The van der Waals surface area contributed by atoms with E-state index in [0.717, 1.165) is 10.4 Å². The van der Waals surface area contributed by atoms with Crippen molar-refractivity contribution in [1.29, 1.82) is 5.26 Å². The van der Waals surface area contributed by atoms with Gasteiger partial charge in [-0.1, -0.05) is 23.2 Å². The van der Waals surface area contributed by atoms with Crippen LogP contribution in [0.3, 0.4) is 0 Å². The number of rotatable bonds is 6. The Bertz CT molecular complexity index is 1030. The fourth-order valence-corrected chi connectivity index (χ4v) is 3.60. The number of hydrogen-bond donors (Lipinski definition) is 1. The number of thiazole rings is 1. The Hall–Kier alpha value is -2.59. The van der Waals surface area contributed by atoms with Crippen molar-refractivity contribution in [2.24, 2.45) is 0 Å². The van der Waals surface area contributed by atoms with E-state index in [1.165, 1.54) is 11.3 Å². The molecule has 142 valence electrons. The second kappa shape index (κ2) is 9.07. The molecule has 3 aromatic rings. The van der Waals surface area contributed by atoms with E-state index in [-0.39, 0.29) is 5.91 Å². The molecule has 0 saturated carbocycles. The van der Waals surface area contributed by atoms with Crippen molar-refractivity contribution in [2.75, 3.05) is 5.32 Å². The summed E-state index contributed by atoms with van der Waals surface area (Å²) >= 11 is 13.6. The molecule has 1 heterocycles. The normalized spacial score (nSPS) is 11.5. The molecule has 5 nitrogen and oxygen atoms in total. The number of amides is 1. The number of anilines is 1. The molecular formula is C20H15Cl2N3O2S. The molecule has 0 fully saturated rings. The van der Waals surface area contributed by atoms with Crippen molar-refractivity contribution < 1.29 is 9.53 Å². The van der Waals surface area contributed by atoms with Gasteiger partial charge in [0.15, 0.2) is 11.2 Å². The van der Waals surface area contributed by atoms with Gasteiger partial charge in [-0.3, -0.25) is 10.1 Å². The second-order valence-corrected chi connectivity index (χ2v) is 7.89. The molecule has 1 aromatic heterocycles. The fraction of sp³-hybridized carbons (Fsp3) is 0.150. The minimum atomic E-state index is -0.720. The molecule has 0 aliphatic rings. The highest BCUT2D eigenvalue weighted by atomic mass is 35.5. The maximum Gasteiger partial charge on any atom is 0.266 e. The van der Waals surface area contributed by atoms with Crippen molar-refractivity contribution in [3.8, 4) is 11.8 Å². The molecule has 0 spiro atoms. The standard InChI is InChI=1S/C20H15Cl2N3O2S/c1-12(27-16-5-2-13(10-23)3-6-16)19(26)25-20-24-11-17(28-20)9-14-8-15(21)4-7-18(14)22/h2-8,11-12H,9H2,1H3,(H,24,25,26). The van der Waals surface area contributed by atoms with Crippen LogP contribution < -0.4 is 10.1 Å². The van der Waals surface area contributed by atoms with Gasteiger partial charge < -0.3 is 4.74 Å². The van der Waals surface area contributed by atoms with Crippen LogP contribution in [0.2, 0.25) is 10.0 Å². The van der Waals surface area contributed by atoms with Gasteiger partial charge in [-0.2, -0.15) is 5.26 Å². The first-order valence-corrected chi connectivity index (χ1v) is 9.88. The summed E-state index contributed by atoms with van der Waals surface area (Å²) in [5.41, 5.74) is 1.42. The third-order valence-electron chi connectivity index (χ3n) is 3.82. The van der Waals surface area contributed by atoms with Crippen LogP contribution in [0.25, 0.3) is 0 Å². The van der Waals surface area contributed by atoms with E-state index >= 15 is 0 Å². The van der Waals surface area contributed by atoms with Gasteiger partial charge in [-0.05, 0) is 55.0 Å². The lowest BCUT2D eigenvalue weighted by atomic mass is 10.1. The molecular weight excluding hydrogens is 417 g/mol. The summed E-state index contributed by atoms with van der Waals surface area (Å²) in [6, 6.07) is 13.9. The molecule has 0 aliphatic heterocycles. The number of halogens is 2. The Kier molecular flexibility index (Phi) is 6.53. The van der Waals surface area contributed by atoms with Gasteiger partial charge in [0.25, 0.3) is 5.91 Å². The largest absolute Gasteiger partial charge is 0.481 e. The average Bonchev–Trinajstić information content (AvgIpc) is 3.12. The molecule has 28 heavy (non-hydrogen) atoms. The molecule has 0 saturated heterocycles. The average molecular weight is 432 g/mol. The number of carbonyl (C=O) groups excluding carboxylic acids is 1. The second-order valence-electron chi connectivity index (χ2n) is 5.93. The number of nitriles is 1. The SMILES string of the molecule is CC(Oc1ccc(C#N)cc1)C(=O)Nc1ncc(Cc2cc(Cl)ccc2Cl)s1. The van der Waals surface area contributed by atoms with Gasteiger partial charge in [0.2, 0.25) is 0 Å². The molecule has 1 amide bonds. The molecule has 2 aromatic carbocycles. The maximum atomic E-state index is 12.3. The number of benzene rings is 2. The number of hydrogen-bond acceptors (Lipinski definition) is 5. The minimum Gasteiger partial charge on any atom is -0.481 e. The first-order chi connectivity index (χ1) is 13.4. The Morgan fingerprint density at radius 2 is 2.04 bits per heavy atom. The lowest BCUT2D eigenvalue weighted by Gasteiger charge is -2.13. The summed E-state index contributed by atoms with van der Waals surface area (Å²) in [6.45, 7) is 1.65. The van der Waals surface area contributed by atoms with Gasteiger partial charge in [0.1, 0.15) is 5.75 Å². The molecule has 3 rings (SSSR count). The first-order valence-electron chi connectivity index (χ1n) is 8.31. The van der Waals surface area contributed by atoms with E-state index in [0.29, 0.717) is 32.9 Å². The van der Waals surface area contributed by atoms with Crippen molar-refractivity contribution in [3.63, 3.8) is 0 Å². The van der Waals surface area contributed by atoms with Crippen LogP contribution in [-0.4, -0.2) is 17.0 Å². The molecule has 1 unspecified atom stereocenters. The van der Waals surface area contributed by atoms with Crippen LogP contribution in [0, 0.1) is 11.3 Å². The molecule has 1 atom stereocenters. The van der Waals surface area contributed by atoms with Crippen LogP contribution in [0.4, 0.5) is 5.13 Å². The van der Waals surface area contributed by atoms with Crippen molar-refractivity contribution in [1.82, 2.24) is 4.98 Å². The minimum absolute atomic E-state index is 0.314. The van der Waals surface area contributed by atoms with Gasteiger partial charge in [0.05, 0.1) is 11.6 Å². The number of carbonyl (C=O) groups is 1. The molecule has 0 aliphatic carbocycles. The summed E-state index contributed by atoms with van der Waals surface area (Å²) in [7, 11) is 0. The highest BCUT2D eigenvalue weighted by Crippen LogP contribution is 2.27. The monoisotopic (exact) mass is 431 g/mol. The van der Waals surface area contributed by atoms with Gasteiger partial charge >= 0.3 is 0 Å². The Morgan fingerprint density at radius 1 is 1.29 bits per heavy atom. The summed E-state index contributed by atoms with van der Waals surface area (Å²) in [5.74, 6) is 0.197. The van der Waals surface area contributed by atoms with E-state index < -0.39 is 6.10 Å². The van der Waals surface area contributed by atoms with E-state index in [2.05, 4.69) is 10.3 Å². The third-order valence-corrected chi connectivity index (χ3v) is 5.34. The lowest BCUT2D eigenvalue weighted by molar-refractivity contribution is -0.122. The molecule has 0 radical (unpaired) electrons. The van der Waals surface area contributed by atoms with Crippen LogP contribution in [-0.2, 0) is 11.2 Å². The maximum absolute atomic E-state index is 12.3. The Labute approximate surface area is 176 Å². The van der Waals surface area contributed by atoms with E-state index in [4.69, 9.17) is 33.2 Å².